The molecule has 0 aromatic carbocycles. The van der Waals surface area contributed by atoms with Crippen LogP contribution in [0.2, 0.25) is 0 Å². The van der Waals surface area contributed by atoms with Gasteiger partial charge in [0.1, 0.15) is 0 Å². The Morgan fingerprint density at radius 3 is 1.47 bits per heavy atom. The summed E-state index contributed by atoms with van der Waals surface area (Å²) in [6.45, 7) is 0. The van der Waals surface area contributed by atoms with Crippen molar-refractivity contribution in [3.8, 4) is 0 Å². The summed E-state index contributed by atoms with van der Waals surface area (Å²) in [7, 11) is 0. The third kappa shape index (κ3) is 0.464. The zero-order valence-electron chi connectivity index (χ0n) is 7.84. The van der Waals surface area contributed by atoms with Crippen LogP contribution in [0.3, 0.4) is 0 Å². The van der Waals surface area contributed by atoms with Gasteiger partial charge >= 0.3 is 0 Å². The van der Waals surface area contributed by atoms with Gasteiger partial charge in [0.05, 0.1) is 0 Å². The highest BCUT2D eigenvalue weighted by Gasteiger charge is 2.93. The van der Waals surface area contributed by atoms with Crippen molar-refractivity contribution in [2.75, 3.05) is 0 Å². The van der Waals surface area contributed by atoms with Crippen LogP contribution in [-0.2, 0) is 0 Å². The maximum absolute atomic E-state index is 13.9. The molecule has 0 N–H and O–H groups in total. The van der Waals surface area contributed by atoms with Crippen molar-refractivity contribution >= 4 is 0 Å². The minimum Gasteiger partial charge on any atom is -0.206 e. The lowest BCUT2D eigenvalue weighted by atomic mass is 9.58. The number of halogens is 4. The molecule has 0 spiro atoms. The van der Waals surface area contributed by atoms with Gasteiger partial charge in [-0.2, -0.15) is 0 Å². The van der Waals surface area contributed by atoms with Crippen molar-refractivity contribution in [3.63, 3.8) is 0 Å². The number of rotatable bonds is 0. The Kier molecular flexibility index (Phi) is 0.868. The second-order valence-electron chi connectivity index (χ2n) is 6.17. The molecular formula is C11H10F4. The van der Waals surface area contributed by atoms with Gasteiger partial charge in [-0.25, -0.2) is 17.6 Å². The van der Waals surface area contributed by atoms with E-state index in [1.54, 1.807) is 0 Å². The van der Waals surface area contributed by atoms with E-state index in [-0.39, 0.29) is 23.7 Å². The Labute approximate surface area is 84.0 Å². The molecule has 0 aromatic heterocycles. The van der Waals surface area contributed by atoms with Crippen LogP contribution in [0.4, 0.5) is 17.6 Å². The lowest BCUT2D eigenvalue weighted by molar-refractivity contribution is -0.250. The molecule has 0 saturated heterocycles. The average Bonchev–Trinajstić information content (AvgIpc) is 2.52. The van der Waals surface area contributed by atoms with Crippen LogP contribution in [0.5, 0.6) is 0 Å². The third-order valence-electron chi connectivity index (χ3n) is 6.28. The average molecular weight is 218 g/mol. The monoisotopic (exact) mass is 218 g/mol. The van der Waals surface area contributed by atoms with E-state index in [1.165, 1.54) is 0 Å². The molecule has 0 aromatic rings. The normalized spacial score (nSPS) is 72.8. The standard InChI is InChI=1S/C11H10F4/c12-10(13)6-2-1-3-5-4(2)8(10)9(5)11(14,15)7(3)6/h2-9H,1H2. The van der Waals surface area contributed by atoms with Gasteiger partial charge in [-0.1, -0.05) is 0 Å². The lowest BCUT2D eigenvalue weighted by Gasteiger charge is -2.49. The fourth-order valence-corrected chi connectivity index (χ4v) is 6.33. The number of alkyl halides is 4. The van der Waals surface area contributed by atoms with Crippen LogP contribution >= 0.6 is 0 Å². The molecular weight excluding hydrogens is 208 g/mol. The largest absolute Gasteiger partial charge is 0.255 e. The highest BCUT2D eigenvalue weighted by atomic mass is 19.3. The molecule has 0 amide bonds. The zero-order chi connectivity index (χ0) is 10.3. The quantitative estimate of drug-likeness (QED) is 0.548. The molecule has 8 unspecified atom stereocenters. The second kappa shape index (κ2) is 1.65. The summed E-state index contributed by atoms with van der Waals surface area (Å²) in [4.78, 5) is 0. The molecule has 8 atom stereocenters. The van der Waals surface area contributed by atoms with Crippen LogP contribution in [-0.4, -0.2) is 11.8 Å². The van der Waals surface area contributed by atoms with Crippen LogP contribution in [0.1, 0.15) is 6.42 Å². The second-order valence-corrected chi connectivity index (χ2v) is 6.17. The van der Waals surface area contributed by atoms with Gasteiger partial charge < -0.3 is 0 Å². The summed E-state index contributed by atoms with van der Waals surface area (Å²) in [5.41, 5.74) is 0. The van der Waals surface area contributed by atoms with Crippen molar-refractivity contribution in [2.24, 2.45) is 47.3 Å². The van der Waals surface area contributed by atoms with Gasteiger partial charge in [0.15, 0.2) is 0 Å². The first-order valence-electron chi connectivity index (χ1n) is 5.73. The molecule has 0 aliphatic heterocycles. The Morgan fingerprint density at radius 1 is 0.667 bits per heavy atom. The van der Waals surface area contributed by atoms with E-state index >= 15 is 0 Å². The summed E-state index contributed by atoms with van der Waals surface area (Å²) >= 11 is 0. The molecule has 5 saturated carbocycles. The van der Waals surface area contributed by atoms with Gasteiger partial charge in [-0.3, -0.25) is 0 Å². The van der Waals surface area contributed by atoms with E-state index in [4.69, 9.17) is 0 Å². The van der Waals surface area contributed by atoms with E-state index in [9.17, 15) is 17.6 Å². The van der Waals surface area contributed by atoms with Crippen LogP contribution in [0, 0.1) is 47.3 Å². The SMILES string of the molecule is FC1(F)C2C3CC4C5C3C1C5C(F)(F)C42. The Balaban J connectivity index is 1.83. The number of fused-ring (bicyclic) bond motifs is 2. The van der Waals surface area contributed by atoms with E-state index in [2.05, 4.69) is 0 Å². The topological polar surface area (TPSA) is 0 Å². The predicted octanol–water partition coefficient (Wildman–Crippen LogP) is 2.64. The minimum atomic E-state index is -2.77. The molecule has 0 nitrogen and oxygen atoms in total. The third-order valence-corrected chi connectivity index (χ3v) is 6.28. The van der Waals surface area contributed by atoms with E-state index < -0.39 is 35.5 Å². The summed E-state index contributed by atoms with van der Waals surface area (Å²) in [6.07, 6.45) is 0.669. The van der Waals surface area contributed by atoms with Gasteiger partial charge in [0.2, 0.25) is 0 Å². The Hall–Kier alpha value is -0.280. The highest BCUT2D eigenvalue weighted by Crippen LogP contribution is 2.89. The van der Waals surface area contributed by atoms with Gasteiger partial charge in [-0.15, -0.1) is 0 Å². The molecule has 5 aliphatic carbocycles. The fourth-order valence-electron chi connectivity index (χ4n) is 6.33. The van der Waals surface area contributed by atoms with Gasteiger partial charge in [-0.05, 0) is 30.1 Å². The molecule has 5 aliphatic rings. The van der Waals surface area contributed by atoms with Gasteiger partial charge in [0, 0.05) is 23.7 Å². The van der Waals surface area contributed by atoms with Crippen molar-refractivity contribution in [3.05, 3.63) is 0 Å². The predicted molar refractivity (Wildman–Crippen MR) is 42.4 cm³/mol. The first-order chi connectivity index (χ1) is 6.97. The maximum Gasteiger partial charge on any atom is 0.255 e. The van der Waals surface area contributed by atoms with Crippen molar-refractivity contribution in [2.45, 2.75) is 18.3 Å². The van der Waals surface area contributed by atoms with E-state index in [0.717, 1.165) is 0 Å². The molecule has 82 valence electrons. The first kappa shape index (κ1) is 7.91. The van der Waals surface area contributed by atoms with Crippen LogP contribution < -0.4 is 0 Å². The molecule has 15 heavy (non-hydrogen) atoms. The van der Waals surface area contributed by atoms with Crippen LogP contribution in [0.15, 0.2) is 0 Å². The highest BCUT2D eigenvalue weighted by molar-refractivity contribution is 5.34. The van der Waals surface area contributed by atoms with E-state index in [1.807, 2.05) is 0 Å². The summed E-state index contributed by atoms with van der Waals surface area (Å²) in [6, 6.07) is 0. The van der Waals surface area contributed by atoms with Crippen molar-refractivity contribution < 1.29 is 17.6 Å². The molecule has 5 fully saturated rings. The lowest BCUT2D eigenvalue weighted by Crippen LogP contribution is -2.57. The Bertz CT molecular complexity index is 350. The van der Waals surface area contributed by atoms with Crippen LogP contribution in [0.25, 0.3) is 0 Å². The van der Waals surface area contributed by atoms with E-state index in [0.29, 0.717) is 6.42 Å². The maximum atomic E-state index is 13.9. The molecule has 0 radical (unpaired) electrons. The fraction of sp³-hybridized carbons (Fsp3) is 1.00. The number of hydrogen-bond donors (Lipinski definition) is 0. The molecule has 4 heteroatoms. The zero-order valence-corrected chi connectivity index (χ0v) is 7.84. The molecule has 5 rings (SSSR count). The molecule has 0 heterocycles. The molecule has 2 bridgehead atoms. The minimum absolute atomic E-state index is 0.0374. The first-order valence-corrected chi connectivity index (χ1v) is 5.73. The smallest absolute Gasteiger partial charge is 0.206 e. The van der Waals surface area contributed by atoms with Crippen molar-refractivity contribution in [1.82, 2.24) is 0 Å². The Morgan fingerprint density at radius 2 is 1.07 bits per heavy atom. The summed E-state index contributed by atoms with van der Waals surface area (Å²) < 4.78 is 55.6. The van der Waals surface area contributed by atoms with Crippen molar-refractivity contribution in [1.29, 1.82) is 0 Å². The number of hydrogen-bond acceptors (Lipinski definition) is 0. The summed E-state index contributed by atoms with van der Waals surface area (Å²) in [5.74, 6) is -9.60. The van der Waals surface area contributed by atoms with Gasteiger partial charge in [0.25, 0.3) is 11.8 Å². The summed E-state index contributed by atoms with van der Waals surface area (Å²) in [5, 5.41) is 0.